The molecule has 224 valence electrons. The van der Waals surface area contributed by atoms with E-state index in [-0.39, 0.29) is 0 Å². The maximum atomic E-state index is 13.3. The molecule has 0 aromatic carbocycles. The summed E-state index contributed by atoms with van der Waals surface area (Å²) in [6, 6.07) is 0. The van der Waals surface area contributed by atoms with Gasteiger partial charge < -0.3 is 9.84 Å². The molecule has 0 aliphatic carbocycles. The summed E-state index contributed by atoms with van der Waals surface area (Å²) in [6.07, 6.45) is -13.5. The summed E-state index contributed by atoms with van der Waals surface area (Å²) >= 11 is 0. The molecule has 0 aliphatic rings. The van der Waals surface area contributed by atoms with Crippen LogP contribution in [0.1, 0.15) is 20.8 Å². The smallest absolute Gasteiger partial charge is 0.473 e. The molecule has 0 saturated carbocycles. The first-order chi connectivity index (χ1) is 16.3. The van der Waals surface area contributed by atoms with Crippen molar-refractivity contribution in [1.82, 2.24) is 0 Å². The summed E-state index contributed by atoms with van der Waals surface area (Å²) in [6.45, 7) is 6.10. The molecule has 0 spiro atoms. The van der Waals surface area contributed by atoms with Crippen LogP contribution in [0.5, 0.6) is 0 Å². The number of esters is 1. The van der Waals surface area contributed by atoms with Crippen LogP contribution in [0, 0.1) is 0 Å². The van der Waals surface area contributed by atoms with Gasteiger partial charge in [0.05, 0.1) is 0 Å². The molecule has 0 atom stereocenters. The van der Waals surface area contributed by atoms with Gasteiger partial charge in [-0.2, -0.15) is 74.6 Å². The second-order valence-electron chi connectivity index (χ2n) is 6.91. The first-order valence-electron chi connectivity index (χ1n) is 8.72. The molecule has 0 rings (SSSR count). The SMILES string of the molecule is C=C(C)C(=O)OC(F)(F)C(F)(F)C(F)(F)C(F)(F)C(F)(F)C(F)(F)C(F)(F)C(F)(F)F.CC=C(C)C(=O)O. The number of allylic oxidation sites excluding steroid dienone is 1. The highest BCUT2D eigenvalue weighted by molar-refractivity contribution is 5.87. The first-order valence-corrected chi connectivity index (χ1v) is 8.72. The molecule has 0 heterocycles. The molecule has 0 unspecified atom stereocenters. The van der Waals surface area contributed by atoms with Crippen LogP contribution in [-0.2, 0) is 14.3 Å². The van der Waals surface area contributed by atoms with Gasteiger partial charge in [0, 0.05) is 11.1 Å². The fourth-order valence-corrected chi connectivity index (χ4v) is 1.54. The molecule has 38 heavy (non-hydrogen) atoms. The Labute approximate surface area is 199 Å². The Bertz CT molecular complexity index is 931. The zero-order valence-electron chi connectivity index (χ0n) is 18.4. The second-order valence-corrected chi connectivity index (χ2v) is 6.91. The van der Waals surface area contributed by atoms with E-state index in [1.54, 1.807) is 19.9 Å². The van der Waals surface area contributed by atoms with Crippen LogP contribution >= 0.6 is 0 Å². The minimum atomic E-state index is -8.74. The highest BCUT2D eigenvalue weighted by Gasteiger charge is 2.95. The Morgan fingerprint density at radius 3 is 1.13 bits per heavy atom. The third kappa shape index (κ3) is 6.10. The molecule has 4 nitrogen and oxygen atoms in total. The van der Waals surface area contributed by atoms with Gasteiger partial charge in [-0.3, -0.25) is 0 Å². The van der Waals surface area contributed by atoms with Crippen LogP contribution < -0.4 is 0 Å². The Morgan fingerprint density at radius 2 is 0.921 bits per heavy atom. The van der Waals surface area contributed by atoms with Gasteiger partial charge in [-0.15, -0.1) is 0 Å². The fourth-order valence-electron chi connectivity index (χ4n) is 1.54. The van der Waals surface area contributed by atoms with Gasteiger partial charge in [-0.05, 0) is 20.8 Å². The van der Waals surface area contributed by atoms with Gasteiger partial charge in [-0.25, -0.2) is 9.59 Å². The Balaban J connectivity index is 0. The molecule has 0 bridgehead atoms. The lowest BCUT2D eigenvalue weighted by Crippen LogP contribution is -2.74. The van der Waals surface area contributed by atoms with Crippen molar-refractivity contribution in [2.45, 2.75) is 68.6 Å². The molecule has 1 N–H and O–H groups in total. The van der Waals surface area contributed by atoms with Crippen molar-refractivity contribution in [3.8, 4) is 0 Å². The lowest BCUT2D eigenvalue weighted by atomic mass is 9.90. The van der Waals surface area contributed by atoms with Gasteiger partial charge in [0.15, 0.2) is 0 Å². The molecule has 0 amide bonds. The number of rotatable bonds is 9. The van der Waals surface area contributed by atoms with E-state index in [0.29, 0.717) is 12.5 Å². The Hall–Kier alpha value is -2.77. The number of carboxylic acids is 1. The average molecular weight is 604 g/mol. The summed E-state index contributed by atoms with van der Waals surface area (Å²) in [5.74, 6) is -54.4. The number of carboxylic acid groups (broad SMARTS) is 1. The quantitative estimate of drug-likeness (QED) is 0.173. The van der Waals surface area contributed by atoms with Crippen molar-refractivity contribution < 1.29 is 94.1 Å². The second kappa shape index (κ2) is 10.8. The average Bonchev–Trinajstić information content (AvgIpc) is 2.71. The van der Waals surface area contributed by atoms with Crippen molar-refractivity contribution in [3.05, 3.63) is 23.8 Å². The number of hydrogen-bond acceptors (Lipinski definition) is 3. The van der Waals surface area contributed by atoms with Gasteiger partial charge in [-0.1, -0.05) is 12.7 Å². The normalized spacial score (nSPS) is 14.9. The summed E-state index contributed by atoms with van der Waals surface area (Å²) in [4.78, 5) is 20.6. The third-order valence-corrected chi connectivity index (χ3v) is 4.03. The largest absolute Gasteiger partial charge is 0.478 e. The molecule has 21 heteroatoms. The maximum Gasteiger partial charge on any atom is 0.473 e. The van der Waals surface area contributed by atoms with E-state index in [4.69, 9.17) is 5.11 Å². The summed E-state index contributed by atoms with van der Waals surface area (Å²) in [5.41, 5.74) is -0.910. The maximum absolute atomic E-state index is 13.3. The Kier molecular flexibility index (Phi) is 10.6. The molecule has 0 aliphatic heterocycles. The summed E-state index contributed by atoms with van der Waals surface area (Å²) in [7, 11) is 0. The van der Waals surface area contributed by atoms with Gasteiger partial charge in [0.25, 0.3) is 0 Å². The molecule has 0 aromatic heterocycles. The van der Waals surface area contributed by atoms with E-state index < -0.39 is 65.3 Å². The fraction of sp³-hybridized carbons (Fsp3) is 0.647. The van der Waals surface area contributed by atoms with E-state index in [0.717, 1.165) is 0 Å². The van der Waals surface area contributed by atoms with Gasteiger partial charge >= 0.3 is 59.8 Å². The van der Waals surface area contributed by atoms with Crippen LogP contribution in [0.25, 0.3) is 0 Å². The third-order valence-electron chi connectivity index (χ3n) is 4.03. The van der Waals surface area contributed by atoms with Crippen LogP contribution in [-0.4, -0.2) is 64.9 Å². The van der Waals surface area contributed by atoms with Gasteiger partial charge in [0.1, 0.15) is 0 Å². The number of ether oxygens (including phenoxy) is 1. The molecule has 0 saturated heterocycles. The number of carbonyl (C=O) groups excluding carboxylic acids is 1. The highest BCUT2D eigenvalue weighted by atomic mass is 19.4. The van der Waals surface area contributed by atoms with E-state index in [1.807, 2.05) is 0 Å². The number of hydrogen-bond donors (Lipinski definition) is 1. The van der Waals surface area contributed by atoms with E-state index >= 15 is 0 Å². The standard InChI is InChI=1S/C12H5F17O2.C5H8O2/c1-3(2)4(30)31-12(28,29)10(23,24)8(19,20)6(15,16)5(13,14)7(17,18)9(21,22)11(25,26)27;1-3-4(2)5(6)7/h1H2,2H3;3H,1-2H3,(H,6,7). The first kappa shape index (κ1) is 37.4. The Morgan fingerprint density at radius 1 is 0.632 bits per heavy atom. The van der Waals surface area contributed by atoms with Crippen LogP contribution in [0.15, 0.2) is 23.8 Å². The molecular formula is C17H13F17O4. The van der Waals surface area contributed by atoms with Crippen LogP contribution in [0.3, 0.4) is 0 Å². The number of alkyl halides is 17. The van der Waals surface area contributed by atoms with Crippen LogP contribution in [0.2, 0.25) is 0 Å². The number of aliphatic carboxylic acids is 1. The predicted octanol–water partition coefficient (Wildman–Crippen LogP) is 7.11. The van der Waals surface area contributed by atoms with Crippen molar-refractivity contribution >= 4 is 11.9 Å². The van der Waals surface area contributed by atoms with Crippen molar-refractivity contribution in [3.63, 3.8) is 0 Å². The monoisotopic (exact) mass is 604 g/mol. The van der Waals surface area contributed by atoms with E-state index in [9.17, 15) is 84.2 Å². The molecule has 0 radical (unpaired) electrons. The van der Waals surface area contributed by atoms with Crippen molar-refractivity contribution in [2.24, 2.45) is 0 Å². The lowest BCUT2D eigenvalue weighted by Gasteiger charge is -2.42. The summed E-state index contributed by atoms with van der Waals surface area (Å²) in [5, 5.41) is 8.11. The number of carbonyl (C=O) groups is 2. The topological polar surface area (TPSA) is 63.6 Å². The molecule has 0 fully saturated rings. The lowest BCUT2D eigenvalue weighted by molar-refractivity contribution is -0.473. The van der Waals surface area contributed by atoms with E-state index in [1.165, 1.54) is 0 Å². The number of halogens is 17. The molecular weight excluding hydrogens is 591 g/mol. The zero-order chi connectivity index (χ0) is 31.7. The molecule has 0 aromatic rings. The van der Waals surface area contributed by atoms with Gasteiger partial charge in [0.2, 0.25) is 0 Å². The zero-order valence-corrected chi connectivity index (χ0v) is 18.4. The van der Waals surface area contributed by atoms with E-state index in [2.05, 4.69) is 11.3 Å². The van der Waals surface area contributed by atoms with Crippen molar-refractivity contribution in [2.75, 3.05) is 0 Å². The minimum absolute atomic E-state index is 0.386. The predicted molar refractivity (Wildman–Crippen MR) is 88.7 cm³/mol. The minimum Gasteiger partial charge on any atom is -0.478 e. The van der Waals surface area contributed by atoms with Crippen LogP contribution in [0.4, 0.5) is 74.6 Å². The highest BCUT2D eigenvalue weighted by Crippen LogP contribution is 2.64. The van der Waals surface area contributed by atoms with Crippen molar-refractivity contribution in [1.29, 1.82) is 0 Å². The summed E-state index contributed by atoms with van der Waals surface area (Å²) < 4.78 is 221.